The van der Waals surface area contributed by atoms with E-state index in [0.29, 0.717) is 12.3 Å². The van der Waals surface area contributed by atoms with Gasteiger partial charge >= 0.3 is 45.2 Å². The van der Waals surface area contributed by atoms with Crippen LogP contribution >= 0.6 is 0 Å². The molecule has 252 valence electrons. The summed E-state index contributed by atoms with van der Waals surface area (Å²) in [6.45, 7) is 29.7. The van der Waals surface area contributed by atoms with Crippen molar-refractivity contribution in [3.05, 3.63) is 112 Å². The van der Waals surface area contributed by atoms with Crippen molar-refractivity contribution in [3.8, 4) is 0 Å². The maximum atomic E-state index is 11.3. The summed E-state index contributed by atoms with van der Waals surface area (Å²) in [5, 5.41) is 2.84. The van der Waals surface area contributed by atoms with E-state index in [4.69, 9.17) is 28.2 Å². The molecule has 0 saturated carbocycles. The second-order valence-electron chi connectivity index (χ2n) is 7.01. The van der Waals surface area contributed by atoms with Crippen LogP contribution in [0.3, 0.4) is 0 Å². The van der Waals surface area contributed by atoms with Crippen molar-refractivity contribution in [1.29, 1.82) is 0 Å². The van der Waals surface area contributed by atoms with Gasteiger partial charge in [-0.25, -0.2) is 0 Å². The van der Waals surface area contributed by atoms with E-state index in [2.05, 4.69) is 51.8 Å². The van der Waals surface area contributed by atoms with E-state index in [0.717, 1.165) is 44.7 Å². The molecule has 0 aromatic rings. The average Bonchev–Trinajstić information content (AvgIpc) is 3.04. The van der Waals surface area contributed by atoms with Gasteiger partial charge in [-0.05, 0) is 59.0 Å². The Morgan fingerprint density at radius 2 is 0.889 bits per heavy atom. The molecule has 0 bridgehead atoms. The zero-order valence-electron chi connectivity index (χ0n) is 26.9. The summed E-state index contributed by atoms with van der Waals surface area (Å²) < 4.78 is 30.0. The maximum Gasteiger partial charge on any atom is 0 e. The molecule has 0 atom stereocenters. The van der Waals surface area contributed by atoms with Gasteiger partial charge in [0.05, 0.1) is 0 Å². The topological polar surface area (TPSA) is 160 Å². The molecule has 0 rings (SSSR count). The van der Waals surface area contributed by atoms with Crippen molar-refractivity contribution in [1.82, 2.24) is 5.32 Å². The van der Waals surface area contributed by atoms with Crippen LogP contribution in [0.15, 0.2) is 85.1 Å². The van der Waals surface area contributed by atoms with Gasteiger partial charge in [0.2, 0.25) is 5.91 Å². The number of unbranched alkanes of at least 4 members (excludes halogenated alkanes) is 2. The molecule has 0 aliphatic heterocycles. The van der Waals surface area contributed by atoms with Crippen molar-refractivity contribution in [3.63, 3.8) is 0 Å². The Labute approximate surface area is 292 Å². The molecule has 1 amide bonds. The molecule has 9 nitrogen and oxygen atoms in total. The predicted molar refractivity (Wildman–Crippen MR) is 167 cm³/mol. The normalized spacial score (nSPS) is 8.78. The zero-order chi connectivity index (χ0) is 35.4. The van der Waals surface area contributed by atoms with E-state index in [9.17, 15) is 9.59 Å². The van der Waals surface area contributed by atoms with Gasteiger partial charge in [0.15, 0.2) is 0 Å². The number of carbonyl (C=O) groups is 4. The van der Waals surface area contributed by atoms with E-state index in [1.807, 2.05) is 86.8 Å². The molecule has 0 aliphatic rings. The van der Waals surface area contributed by atoms with Crippen molar-refractivity contribution in [2.75, 3.05) is 6.54 Å². The molecule has 11 heteroatoms. The van der Waals surface area contributed by atoms with Crippen LogP contribution in [0.4, 0.5) is 0 Å². The van der Waals surface area contributed by atoms with Gasteiger partial charge in [-0.3, -0.25) is 4.79 Å². The Kier molecular flexibility index (Phi) is 148. The van der Waals surface area contributed by atoms with Crippen LogP contribution in [-0.4, -0.2) is 31.3 Å². The Morgan fingerprint density at radius 3 is 1.20 bits per heavy atom. The monoisotopic (exact) mass is 709 g/mol. The third-order valence-corrected chi connectivity index (χ3v) is 3.23. The Hall–Kier alpha value is -3.34. The van der Waals surface area contributed by atoms with Gasteiger partial charge in [0, 0.05) is 47.1 Å². The number of allylic oxidation sites excluding steroid dienone is 13. The molecule has 0 spiro atoms. The Morgan fingerprint density at radius 1 is 0.578 bits per heavy atom. The summed E-state index contributed by atoms with van der Waals surface area (Å²) >= 11 is 0. The van der Waals surface area contributed by atoms with Crippen molar-refractivity contribution < 1.29 is 71.9 Å². The molecular weight excluding hydrogens is 662 g/mol. The molecule has 0 unspecified atom stereocenters. The van der Waals surface area contributed by atoms with Crippen molar-refractivity contribution in [2.45, 2.75) is 67.2 Å². The minimum Gasteiger partial charge on any atom is 0 e. The van der Waals surface area contributed by atoms with Gasteiger partial charge in [0.1, 0.15) is 18.9 Å². The van der Waals surface area contributed by atoms with Gasteiger partial charge in [-0.2, -0.15) is 0 Å². The first kappa shape index (κ1) is 68.7. The largest absolute Gasteiger partial charge is 0 e. The van der Waals surface area contributed by atoms with E-state index >= 15 is 0 Å². The number of amides is 1. The van der Waals surface area contributed by atoms with Crippen LogP contribution in [0.25, 0.3) is 0 Å². The first-order chi connectivity index (χ1) is 20.9. The van der Waals surface area contributed by atoms with Gasteiger partial charge in [0.25, 0.3) is 0 Å². The average molecular weight is 709 g/mol. The van der Waals surface area contributed by atoms with Crippen LogP contribution < -0.4 is 5.32 Å². The second-order valence-corrected chi connectivity index (χ2v) is 7.01. The SMILES string of the molecule is C/C=C/C=C/C=C\CC/C=C/C(=O)NCC(C)C.C/C=C/C=C/C=C\CCC=O.CC=O.CC=O.[C-]#[O+].[C-]#[O+].[C-]#[O+].[C-]#[O+].[Fe].[Fe]. The third kappa shape index (κ3) is 142. The van der Waals surface area contributed by atoms with Crippen LogP contribution in [0.5, 0.6) is 0 Å². The van der Waals surface area contributed by atoms with Crippen molar-refractivity contribution >= 4 is 24.8 Å². The summed E-state index contributed by atoms with van der Waals surface area (Å²) in [6, 6.07) is 0. The van der Waals surface area contributed by atoms with Crippen LogP contribution in [0.1, 0.15) is 67.2 Å². The van der Waals surface area contributed by atoms with E-state index in [1.54, 1.807) is 6.08 Å². The summed E-state index contributed by atoms with van der Waals surface area (Å²) in [5.41, 5.74) is 0. The van der Waals surface area contributed by atoms with Crippen LogP contribution in [0, 0.1) is 32.5 Å². The zero-order valence-corrected chi connectivity index (χ0v) is 29.1. The molecule has 0 aromatic carbocycles. The standard InChI is InChI=1S/C16H25NO.C10H14O.2C2H4O.4CO.2Fe/c1-4-5-6-7-8-9-10-11-12-13-16(18)17-14-15(2)3;1-2-3-4-5-6-7-8-9-10-11;2*1-2-3;4*1-2;;/h4-9,12-13,15H,10-11,14H2,1-3H3,(H,17,18);2-7,10H,8-9H2,1H3;2*2H,1H3;;;;;;/b5-4+,7-6+,9-8-,13-12+;3-2+,5-4+,7-6-;;;;;;;;. The quantitative estimate of drug-likeness (QED) is 0.0429. The molecule has 0 aromatic heterocycles. The Balaban J connectivity index is -0.0000000487. The third-order valence-electron chi connectivity index (χ3n) is 3.23. The summed E-state index contributed by atoms with van der Waals surface area (Å²) in [7, 11) is 0. The van der Waals surface area contributed by atoms with Gasteiger partial charge in [-0.1, -0.05) is 92.8 Å². The number of hydrogen-bond acceptors (Lipinski definition) is 4. The predicted octanol–water partition coefficient (Wildman–Crippen LogP) is 6.69. The molecule has 0 fully saturated rings. The van der Waals surface area contributed by atoms with E-state index < -0.39 is 0 Å². The summed E-state index contributed by atoms with van der Waals surface area (Å²) in [6.07, 6.45) is 33.1. The molecule has 0 heterocycles. The molecule has 0 saturated heterocycles. The minimum atomic E-state index is 0. The van der Waals surface area contributed by atoms with Crippen LogP contribution in [-0.2, 0) is 71.9 Å². The van der Waals surface area contributed by atoms with Gasteiger partial charge < -0.3 is 19.7 Å². The van der Waals surface area contributed by atoms with Crippen molar-refractivity contribution in [2.24, 2.45) is 5.92 Å². The molecule has 45 heavy (non-hydrogen) atoms. The summed E-state index contributed by atoms with van der Waals surface area (Å²) in [4.78, 5) is 38.8. The fourth-order valence-electron chi connectivity index (χ4n) is 1.74. The molecule has 0 radical (unpaired) electrons. The number of rotatable bonds is 13. The van der Waals surface area contributed by atoms with E-state index in [-0.39, 0.29) is 40.0 Å². The number of nitrogens with one attached hydrogen (secondary N) is 1. The van der Waals surface area contributed by atoms with E-state index in [1.165, 1.54) is 13.8 Å². The first-order valence-electron chi connectivity index (χ1n) is 12.8. The first-order valence-corrected chi connectivity index (χ1v) is 12.8. The molecule has 1 N–H and O–H groups in total. The fourth-order valence-corrected chi connectivity index (χ4v) is 1.74. The fraction of sp³-hybridized carbons (Fsp3) is 0.353. The van der Waals surface area contributed by atoms with Crippen LogP contribution in [0.2, 0.25) is 0 Å². The number of aldehydes is 3. The summed E-state index contributed by atoms with van der Waals surface area (Å²) in [5.74, 6) is 0.495. The maximum absolute atomic E-state index is 11.3. The molecular formula is C34H47Fe2NO8. The smallest absolute Gasteiger partial charge is 0 e. The number of carbonyl (C=O) groups excluding carboxylic acids is 4. The second kappa shape index (κ2) is 97.1. The Bertz CT molecular complexity index is 832. The van der Waals surface area contributed by atoms with Gasteiger partial charge in [-0.15, -0.1) is 0 Å². The minimum absolute atomic E-state index is 0. The number of hydrogen-bond donors (Lipinski definition) is 1. The molecule has 0 aliphatic carbocycles.